The van der Waals surface area contributed by atoms with Crippen LogP contribution >= 0.6 is 0 Å². The number of benzene rings is 1. The van der Waals surface area contributed by atoms with Gasteiger partial charge in [0, 0.05) is 26.2 Å². The van der Waals surface area contributed by atoms with Gasteiger partial charge in [-0.25, -0.2) is 4.79 Å². The van der Waals surface area contributed by atoms with E-state index in [0.717, 1.165) is 26.1 Å². The van der Waals surface area contributed by atoms with Gasteiger partial charge >= 0.3 is 6.09 Å². The second-order valence-electron chi connectivity index (χ2n) is 4.49. The Balaban J connectivity index is 1.81. The highest BCUT2D eigenvalue weighted by Gasteiger charge is 2.12. The normalized spacial score (nSPS) is 16.1. The third kappa shape index (κ3) is 3.89. The van der Waals surface area contributed by atoms with Crippen molar-refractivity contribution in [2.45, 2.75) is 13.0 Å². The molecule has 0 fully saturated rings. The number of nitrogens with one attached hydrogen (secondary N) is 1. The van der Waals surface area contributed by atoms with Crippen LogP contribution in [0.1, 0.15) is 12.0 Å². The molecule has 1 aliphatic heterocycles. The third-order valence-corrected chi connectivity index (χ3v) is 3.10. The highest BCUT2D eigenvalue weighted by molar-refractivity contribution is 5.64. The Morgan fingerprint density at radius 2 is 2.11 bits per heavy atom. The topological polar surface area (TPSA) is 52.6 Å². The van der Waals surface area contributed by atoms with Crippen LogP contribution in [0, 0.1) is 0 Å². The van der Waals surface area contributed by atoms with Gasteiger partial charge in [0.25, 0.3) is 0 Å². The van der Waals surface area contributed by atoms with Crippen LogP contribution in [-0.2, 0) is 6.54 Å². The minimum absolute atomic E-state index is 0.453. The molecule has 1 aromatic rings. The molecule has 0 spiro atoms. The van der Waals surface area contributed by atoms with Gasteiger partial charge < -0.3 is 10.4 Å². The van der Waals surface area contributed by atoms with Crippen molar-refractivity contribution >= 4 is 6.09 Å². The van der Waals surface area contributed by atoms with E-state index in [1.165, 1.54) is 11.1 Å². The summed E-state index contributed by atoms with van der Waals surface area (Å²) in [5.41, 5.74) is 2.50. The molecule has 2 rings (SSSR count). The molecule has 18 heavy (non-hydrogen) atoms. The van der Waals surface area contributed by atoms with Crippen LogP contribution < -0.4 is 5.32 Å². The minimum atomic E-state index is -0.956. The van der Waals surface area contributed by atoms with E-state index in [2.05, 4.69) is 40.6 Å². The van der Waals surface area contributed by atoms with Crippen LogP contribution in [0.2, 0.25) is 0 Å². The molecule has 1 heterocycles. The lowest BCUT2D eigenvalue weighted by Gasteiger charge is -2.26. The number of amides is 1. The van der Waals surface area contributed by atoms with Crippen molar-refractivity contribution in [3.05, 3.63) is 47.5 Å². The molecule has 0 unspecified atom stereocenters. The molecular formula is C14H18N2O2. The second kappa shape index (κ2) is 6.21. The number of hydrogen-bond acceptors (Lipinski definition) is 2. The van der Waals surface area contributed by atoms with Gasteiger partial charge in [-0.2, -0.15) is 0 Å². The summed E-state index contributed by atoms with van der Waals surface area (Å²) in [6.07, 6.45) is 2.11. The summed E-state index contributed by atoms with van der Waals surface area (Å²) in [6.45, 7) is 3.29. The average Bonchev–Trinajstić information content (AvgIpc) is 2.39. The van der Waals surface area contributed by atoms with Crippen LogP contribution in [0.5, 0.6) is 0 Å². The van der Waals surface area contributed by atoms with Crippen molar-refractivity contribution in [1.82, 2.24) is 10.2 Å². The fraction of sp³-hybridized carbons (Fsp3) is 0.357. The second-order valence-corrected chi connectivity index (χ2v) is 4.49. The summed E-state index contributed by atoms with van der Waals surface area (Å²) < 4.78 is 0. The van der Waals surface area contributed by atoms with E-state index in [4.69, 9.17) is 5.11 Å². The fourth-order valence-electron chi connectivity index (χ4n) is 2.09. The minimum Gasteiger partial charge on any atom is -0.465 e. The smallest absolute Gasteiger partial charge is 0.404 e. The fourth-order valence-corrected chi connectivity index (χ4v) is 2.09. The molecule has 0 atom stereocenters. The van der Waals surface area contributed by atoms with E-state index in [-0.39, 0.29) is 0 Å². The molecule has 0 aromatic heterocycles. The molecule has 4 nitrogen and oxygen atoms in total. The molecule has 0 aliphatic carbocycles. The molecule has 0 saturated heterocycles. The number of rotatable bonds is 4. The zero-order chi connectivity index (χ0) is 12.8. The number of carbonyl (C=O) groups is 1. The van der Waals surface area contributed by atoms with Crippen molar-refractivity contribution in [2.24, 2.45) is 0 Å². The van der Waals surface area contributed by atoms with Gasteiger partial charge in [0.15, 0.2) is 0 Å². The van der Waals surface area contributed by atoms with Crippen molar-refractivity contribution in [2.75, 3.05) is 19.6 Å². The number of hydrogen-bond donors (Lipinski definition) is 2. The lowest BCUT2D eigenvalue weighted by molar-refractivity contribution is 0.195. The molecule has 2 N–H and O–H groups in total. The quantitative estimate of drug-likeness (QED) is 0.800. The first-order chi connectivity index (χ1) is 8.74. The Kier molecular flexibility index (Phi) is 4.36. The lowest BCUT2D eigenvalue weighted by Crippen LogP contribution is -2.31. The average molecular weight is 246 g/mol. The van der Waals surface area contributed by atoms with E-state index in [1.807, 2.05) is 6.07 Å². The van der Waals surface area contributed by atoms with E-state index < -0.39 is 6.09 Å². The first kappa shape index (κ1) is 12.6. The Morgan fingerprint density at radius 3 is 2.72 bits per heavy atom. The van der Waals surface area contributed by atoms with Crippen LogP contribution in [0.3, 0.4) is 0 Å². The predicted molar refractivity (Wildman–Crippen MR) is 70.4 cm³/mol. The summed E-state index contributed by atoms with van der Waals surface area (Å²) in [4.78, 5) is 12.8. The maximum absolute atomic E-state index is 10.4. The largest absolute Gasteiger partial charge is 0.465 e. The molecule has 1 aliphatic rings. The van der Waals surface area contributed by atoms with Crippen LogP contribution in [0.25, 0.3) is 0 Å². The van der Waals surface area contributed by atoms with Gasteiger partial charge in [-0.1, -0.05) is 42.0 Å². The van der Waals surface area contributed by atoms with Crippen LogP contribution in [-0.4, -0.2) is 35.7 Å². The molecule has 1 amide bonds. The van der Waals surface area contributed by atoms with Gasteiger partial charge in [-0.05, 0) is 12.0 Å². The Bertz CT molecular complexity index is 429. The van der Waals surface area contributed by atoms with Gasteiger partial charge in [-0.3, -0.25) is 4.90 Å². The van der Waals surface area contributed by atoms with E-state index in [0.29, 0.717) is 6.54 Å². The Hall–Kier alpha value is -1.81. The number of carboxylic acid groups (broad SMARTS) is 1. The third-order valence-electron chi connectivity index (χ3n) is 3.10. The summed E-state index contributed by atoms with van der Waals surface area (Å²) in [6, 6.07) is 10.4. The first-order valence-corrected chi connectivity index (χ1v) is 6.15. The van der Waals surface area contributed by atoms with Crippen molar-refractivity contribution < 1.29 is 9.90 Å². The monoisotopic (exact) mass is 246 g/mol. The molecule has 96 valence electrons. The Morgan fingerprint density at radius 1 is 1.33 bits per heavy atom. The van der Waals surface area contributed by atoms with Crippen LogP contribution in [0.4, 0.5) is 4.79 Å². The summed E-state index contributed by atoms with van der Waals surface area (Å²) in [7, 11) is 0. The SMILES string of the molecule is O=C(O)NCC1=CCN(Cc2ccccc2)CC1. The summed E-state index contributed by atoms with van der Waals surface area (Å²) in [5.74, 6) is 0. The molecule has 0 bridgehead atoms. The predicted octanol–water partition coefficient (Wildman–Crippen LogP) is 2.09. The first-order valence-electron chi connectivity index (χ1n) is 6.15. The lowest BCUT2D eigenvalue weighted by atomic mass is 10.1. The van der Waals surface area contributed by atoms with Crippen molar-refractivity contribution in [3.8, 4) is 0 Å². The molecule has 4 heteroatoms. The van der Waals surface area contributed by atoms with Gasteiger partial charge in [0.1, 0.15) is 0 Å². The summed E-state index contributed by atoms with van der Waals surface area (Å²) >= 11 is 0. The standard InChI is InChI=1S/C14H18N2O2/c17-14(18)15-10-12-6-8-16(9-7-12)11-13-4-2-1-3-5-13/h1-6,15H,7-11H2,(H,17,18). The zero-order valence-electron chi connectivity index (χ0n) is 10.3. The Labute approximate surface area is 107 Å². The molecule has 0 radical (unpaired) electrons. The van der Waals surface area contributed by atoms with E-state index >= 15 is 0 Å². The van der Waals surface area contributed by atoms with Crippen LogP contribution in [0.15, 0.2) is 42.0 Å². The molecule has 0 saturated carbocycles. The van der Waals surface area contributed by atoms with Gasteiger partial charge in [0.05, 0.1) is 0 Å². The highest BCUT2D eigenvalue weighted by Crippen LogP contribution is 2.13. The van der Waals surface area contributed by atoms with Crippen molar-refractivity contribution in [1.29, 1.82) is 0 Å². The molecular weight excluding hydrogens is 228 g/mol. The number of nitrogens with zero attached hydrogens (tertiary/aromatic N) is 1. The van der Waals surface area contributed by atoms with Gasteiger partial charge in [0.2, 0.25) is 0 Å². The maximum atomic E-state index is 10.4. The van der Waals surface area contributed by atoms with Gasteiger partial charge in [-0.15, -0.1) is 0 Å². The van der Waals surface area contributed by atoms with Crippen molar-refractivity contribution in [3.63, 3.8) is 0 Å². The zero-order valence-corrected chi connectivity index (χ0v) is 10.3. The summed E-state index contributed by atoms with van der Waals surface area (Å²) in [5, 5.41) is 11.0. The van der Waals surface area contributed by atoms with E-state index in [1.54, 1.807) is 0 Å². The highest BCUT2D eigenvalue weighted by atomic mass is 16.4. The maximum Gasteiger partial charge on any atom is 0.404 e. The molecule has 1 aromatic carbocycles. The van der Waals surface area contributed by atoms with E-state index in [9.17, 15) is 4.79 Å².